The van der Waals surface area contributed by atoms with Gasteiger partial charge in [-0.25, -0.2) is 8.42 Å². The van der Waals surface area contributed by atoms with Crippen LogP contribution in [0.15, 0.2) is 0 Å². The van der Waals surface area contributed by atoms with E-state index in [0.717, 1.165) is 13.0 Å². The van der Waals surface area contributed by atoms with Crippen molar-refractivity contribution < 1.29 is 18.3 Å². The lowest BCUT2D eigenvalue weighted by atomic mass is 9.96. The summed E-state index contributed by atoms with van der Waals surface area (Å²) >= 11 is 0. The molecule has 17 heavy (non-hydrogen) atoms. The van der Waals surface area contributed by atoms with Crippen molar-refractivity contribution in [3.63, 3.8) is 0 Å². The molecule has 5 nitrogen and oxygen atoms in total. The topological polar surface area (TPSA) is 74.7 Å². The van der Waals surface area contributed by atoms with Crippen LogP contribution in [0.5, 0.6) is 0 Å². The Balaban J connectivity index is 2.11. The van der Waals surface area contributed by atoms with Gasteiger partial charge in [0.1, 0.15) is 15.4 Å². The highest BCUT2D eigenvalue weighted by Crippen LogP contribution is 2.34. The molecule has 2 saturated heterocycles. The number of hydrogen-bond acceptors (Lipinski definition) is 4. The van der Waals surface area contributed by atoms with E-state index in [-0.39, 0.29) is 17.5 Å². The quantitative estimate of drug-likeness (QED) is 0.783. The molecule has 0 aromatic carbocycles. The van der Waals surface area contributed by atoms with Crippen LogP contribution in [0.25, 0.3) is 0 Å². The van der Waals surface area contributed by atoms with E-state index in [1.54, 1.807) is 6.92 Å². The number of carboxylic acid groups (broad SMARTS) is 1. The maximum absolute atomic E-state index is 11.4. The summed E-state index contributed by atoms with van der Waals surface area (Å²) in [6, 6.07) is 0.113. The molecule has 0 aliphatic carbocycles. The third-order valence-corrected chi connectivity index (χ3v) is 5.84. The molecule has 1 N–H and O–H groups in total. The van der Waals surface area contributed by atoms with Crippen molar-refractivity contribution in [3.05, 3.63) is 0 Å². The number of rotatable bonds is 2. The Kier molecular flexibility index (Phi) is 3.20. The van der Waals surface area contributed by atoms with Crippen LogP contribution in [0.3, 0.4) is 0 Å². The molecule has 0 bridgehead atoms. The molecule has 1 atom stereocenters. The van der Waals surface area contributed by atoms with E-state index in [0.29, 0.717) is 19.3 Å². The Morgan fingerprint density at radius 1 is 1.35 bits per heavy atom. The van der Waals surface area contributed by atoms with Gasteiger partial charge in [-0.05, 0) is 39.2 Å². The molecular formula is C11H19NO4S. The fourth-order valence-electron chi connectivity index (χ4n) is 2.99. The SMILES string of the molecule is CC1(C(=O)O)CCCN1C1CCS(=O)(=O)CC1. The summed E-state index contributed by atoms with van der Waals surface area (Å²) in [6.07, 6.45) is 2.69. The molecule has 0 spiro atoms. The van der Waals surface area contributed by atoms with Crippen molar-refractivity contribution in [2.75, 3.05) is 18.1 Å². The minimum Gasteiger partial charge on any atom is -0.480 e. The molecule has 0 aromatic rings. The first-order valence-electron chi connectivity index (χ1n) is 6.06. The molecule has 98 valence electrons. The number of sulfone groups is 1. The third kappa shape index (κ3) is 2.33. The first-order chi connectivity index (χ1) is 7.85. The van der Waals surface area contributed by atoms with Crippen molar-refractivity contribution in [3.8, 4) is 0 Å². The lowest BCUT2D eigenvalue weighted by molar-refractivity contribution is -0.150. The first-order valence-corrected chi connectivity index (χ1v) is 7.88. The highest BCUT2D eigenvalue weighted by molar-refractivity contribution is 7.91. The van der Waals surface area contributed by atoms with Gasteiger partial charge in [0.05, 0.1) is 11.5 Å². The van der Waals surface area contributed by atoms with Crippen LogP contribution < -0.4 is 0 Å². The molecule has 0 radical (unpaired) electrons. The van der Waals surface area contributed by atoms with Gasteiger partial charge in [-0.3, -0.25) is 9.69 Å². The molecule has 2 fully saturated rings. The molecule has 0 saturated carbocycles. The highest BCUT2D eigenvalue weighted by atomic mass is 32.2. The second-order valence-electron chi connectivity index (χ2n) is 5.26. The molecule has 0 aromatic heterocycles. The Morgan fingerprint density at radius 2 is 1.94 bits per heavy atom. The molecule has 2 aliphatic rings. The Labute approximate surface area is 102 Å². The number of carboxylic acids is 1. The molecular weight excluding hydrogens is 242 g/mol. The molecule has 1 unspecified atom stereocenters. The smallest absolute Gasteiger partial charge is 0.323 e. The monoisotopic (exact) mass is 261 g/mol. The second kappa shape index (κ2) is 4.24. The number of aliphatic carboxylic acids is 1. The van der Waals surface area contributed by atoms with Crippen molar-refractivity contribution >= 4 is 15.8 Å². The van der Waals surface area contributed by atoms with Crippen molar-refractivity contribution in [1.82, 2.24) is 4.90 Å². The fraction of sp³-hybridized carbons (Fsp3) is 0.909. The van der Waals surface area contributed by atoms with E-state index in [1.165, 1.54) is 0 Å². The zero-order valence-electron chi connectivity index (χ0n) is 10.1. The molecule has 2 aliphatic heterocycles. The maximum atomic E-state index is 11.4. The average molecular weight is 261 g/mol. The summed E-state index contributed by atoms with van der Waals surface area (Å²) in [6.45, 7) is 2.53. The summed E-state index contributed by atoms with van der Waals surface area (Å²) in [4.78, 5) is 13.3. The second-order valence-corrected chi connectivity index (χ2v) is 7.56. The largest absolute Gasteiger partial charge is 0.480 e. The predicted molar refractivity (Wildman–Crippen MR) is 63.7 cm³/mol. The lowest BCUT2D eigenvalue weighted by Crippen LogP contribution is -2.54. The standard InChI is InChI=1S/C11H19NO4S/c1-11(10(13)14)5-2-6-12(11)9-3-7-17(15,16)8-4-9/h9H,2-8H2,1H3,(H,13,14). The van der Waals surface area contributed by atoms with E-state index >= 15 is 0 Å². The van der Waals surface area contributed by atoms with Gasteiger partial charge in [-0.2, -0.15) is 0 Å². The Hall–Kier alpha value is -0.620. The van der Waals surface area contributed by atoms with E-state index in [2.05, 4.69) is 0 Å². The van der Waals surface area contributed by atoms with Crippen LogP contribution in [-0.4, -0.2) is 54.0 Å². The van der Waals surface area contributed by atoms with Crippen LogP contribution in [0.1, 0.15) is 32.6 Å². The molecule has 2 heterocycles. The van der Waals surface area contributed by atoms with E-state index < -0.39 is 21.3 Å². The zero-order chi connectivity index (χ0) is 12.7. The number of carbonyl (C=O) groups is 1. The van der Waals surface area contributed by atoms with E-state index in [4.69, 9.17) is 0 Å². The third-order valence-electron chi connectivity index (χ3n) is 4.12. The van der Waals surface area contributed by atoms with Gasteiger partial charge in [0.15, 0.2) is 0 Å². The Morgan fingerprint density at radius 3 is 2.47 bits per heavy atom. The zero-order valence-corrected chi connectivity index (χ0v) is 10.9. The summed E-state index contributed by atoms with van der Waals surface area (Å²) < 4.78 is 22.7. The van der Waals surface area contributed by atoms with Gasteiger partial charge in [-0.1, -0.05) is 0 Å². The lowest BCUT2D eigenvalue weighted by Gasteiger charge is -2.39. The van der Waals surface area contributed by atoms with Gasteiger partial charge in [0, 0.05) is 6.04 Å². The van der Waals surface area contributed by atoms with Crippen molar-refractivity contribution in [2.24, 2.45) is 0 Å². The fourth-order valence-corrected chi connectivity index (χ4v) is 4.46. The normalized spacial score (nSPS) is 34.9. The number of nitrogens with zero attached hydrogens (tertiary/aromatic N) is 1. The summed E-state index contributed by atoms with van der Waals surface area (Å²) in [5.74, 6) is -0.392. The first kappa shape index (κ1) is 12.8. The summed E-state index contributed by atoms with van der Waals surface area (Å²) in [5, 5.41) is 9.32. The summed E-state index contributed by atoms with van der Waals surface area (Å²) in [7, 11) is -2.88. The van der Waals surface area contributed by atoms with Crippen LogP contribution in [0.2, 0.25) is 0 Å². The van der Waals surface area contributed by atoms with Crippen molar-refractivity contribution in [2.45, 2.75) is 44.2 Å². The average Bonchev–Trinajstić information content (AvgIpc) is 2.62. The Bertz CT molecular complexity index is 405. The van der Waals surface area contributed by atoms with Gasteiger partial charge in [-0.15, -0.1) is 0 Å². The molecule has 0 amide bonds. The van der Waals surface area contributed by atoms with Crippen LogP contribution in [0.4, 0.5) is 0 Å². The minimum absolute atomic E-state index is 0.113. The van der Waals surface area contributed by atoms with Crippen molar-refractivity contribution in [1.29, 1.82) is 0 Å². The highest BCUT2D eigenvalue weighted by Gasteiger charge is 2.47. The van der Waals surface area contributed by atoms with Crippen LogP contribution >= 0.6 is 0 Å². The van der Waals surface area contributed by atoms with E-state index in [9.17, 15) is 18.3 Å². The van der Waals surface area contributed by atoms with Gasteiger partial charge in [0.2, 0.25) is 0 Å². The molecule has 6 heteroatoms. The summed E-state index contributed by atoms with van der Waals surface area (Å²) in [5.41, 5.74) is -0.800. The van der Waals surface area contributed by atoms with Crippen LogP contribution in [-0.2, 0) is 14.6 Å². The molecule has 2 rings (SSSR count). The van der Waals surface area contributed by atoms with E-state index in [1.807, 2.05) is 4.90 Å². The van der Waals surface area contributed by atoms with Gasteiger partial charge >= 0.3 is 5.97 Å². The number of likely N-dealkylation sites (tertiary alicyclic amines) is 1. The number of hydrogen-bond donors (Lipinski definition) is 1. The minimum atomic E-state index is -2.88. The van der Waals surface area contributed by atoms with Crippen LogP contribution in [0, 0.1) is 0 Å². The van der Waals surface area contributed by atoms with Gasteiger partial charge in [0.25, 0.3) is 0 Å². The van der Waals surface area contributed by atoms with Gasteiger partial charge < -0.3 is 5.11 Å². The maximum Gasteiger partial charge on any atom is 0.323 e. The predicted octanol–water partition coefficient (Wildman–Crippen LogP) is 0.503.